The zero-order chi connectivity index (χ0) is 95.7. The molecule has 0 radical (unpaired) electrons. The number of thiazole rings is 4. The van der Waals surface area contributed by atoms with E-state index >= 15 is 0 Å². The molecule has 0 spiro atoms. The van der Waals surface area contributed by atoms with E-state index in [1.54, 1.807) is 24.8 Å². The number of aliphatic hydroxyl groups is 2. The molecule has 133 heavy (non-hydrogen) atoms. The number of hydrogen-bond donors (Lipinski definition) is 9. The minimum Gasteiger partial charge on any atom is -0.391 e. The molecular formula is C95H130N20O13S5. The molecule has 10 atom stereocenters. The third kappa shape index (κ3) is 24.1. The first-order valence-electron chi connectivity index (χ1n) is 46.9. The Kier molecular flexibility index (Phi) is 33.3. The Morgan fingerprint density at radius 2 is 0.714 bits per heavy atom. The maximum atomic E-state index is 13.5. The third-order valence-electron chi connectivity index (χ3n) is 26.1. The van der Waals surface area contributed by atoms with E-state index < -0.39 is 27.3 Å². The van der Waals surface area contributed by atoms with Crippen LogP contribution in [0.15, 0.2) is 49.1 Å². The van der Waals surface area contributed by atoms with Crippen molar-refractivity contribution in [2.75, 3.05) is 80.0 Å². The molecule has 6 aliphatic heterocycles. The molecule has 8 aliphatic rings. The first-order chi connectivity index (χ1) is 63.3. The molecule has 16 rings (SSSR count). The number of likely N-dealkylation sites (tertiary alicyclic amines) is 5. The van der Waals surface area contributed by atoms with Crippen LogP contribution in [-0.4, -0.2) is 273 Å². The van der Waals surface area contributed by atoms with Crippen LogP contribution in [0, 0.1) is 27.7 Å². The van der Waals surface area contributed by atoms with Gasteiger partial charge in [0.05, 0.1) is 49.1 Å². The van der Waals surface area contributed by atoms with Gasteiger partial charge in [-0.3, -0.25) is 38.4 Å². The fourth-order valence-electron chi connectivity index (χ4n) is 17.1. The quantitative estimate of drug-likeness (QED) is 0.0243. The number of aromatic nitrogens is 8. The van der Waals surface area contributed by atoms with Gasteiger partial charge in [-0.2, -0.15) is 0 Å². The van der Waals surface area contributed by atoms with Gasteiger partial charge in [-0.25, -0.2) is 48.3 Å². The number of aryl methyl sites for hydroxylation is 4. The van der Waals surface area contributed by atoms with Gasteiger partial charge >= 0.3 is 0 Å². The van der Waals surface area contributed by atoms with E-state index in [9.17, 15) is 57.0 Å². The van der Waals surface area contributed by atoms with Crippen LogP contribution in [0.25, 0.3) is 41.8 Å². The van der Waals surface area contributed by atoms with Crippen molar-refractivity contribution in [3.05, 3.63) is 114 Å². The van der Waals surface area contributed by atoms with E-state index in [1.165, 1.54) is 56.5 Å². The van der Waals surface area contributed by atoms with Crippen molar-refractivity contribution in [2.45, 2.75) is 297 Å². The number of carbonyl (C=O) groups excluding carboxylic acids is 8. The Labute approximate surface area is 795 Å². The number of hydrogen-bond acceptors (Lipinski definition) is 29. The normalized spacial score (nSPS) is 21.1. The van der Waals surface area contributed by atoms with Gasteiger partial charge in [0.15, 0.2) is 29.9 Å². The highest BCUT2D eigenvalue weighted by Crippen LogP contribution is 2.42. The second kappa shape index (κ2) is 44.2. The lowest BCUT2D eigenvalue weighted by molar-refractivity contribution is 0.0447. The molecule has 8 aromatic heterocycles. The number of pyridine rings is 4. The molecule has 38 heteroatoms. The van der Waals surface area contributed by atoms with Gasteiger partial charge < -0.3 is 76.7 Å². The van der Waals surface area contributed by atoms with Crippen molar-refractivity contribution in [2.24, 2.45) is 0 Å². The molecule has 9 N–H and O–H groups in total. The SMILES string of the molecule is CC[C@@H](C)Nc1cc(C)c(-c2sc(C(=O)N3CC(S(C)(=O)=O)C3)nc2C(=O)N2CCC[C@@H]2C)cn1.CC[C@@H](C)Nc1cc(C)c(-c2sc(C(=O)NC3CCOCC3)nc2C(=O)N2CCC[C@@H]2C)cn1.Cc1cc(NC(C)C)ncc1-c1sc(C(=O)N[C@H]2CC[C@@H]2O)nc1C(=O)N1CCC[C@@H]1C.Cc1cc(NC(C)C)ncc1-c1sc(C(=O)N[C@H]2CC[C@H]2O)nc1C(=O)N1CCC[C@@H]1C. The summed E-state index contributed by atoms with van der Waals surface area (Å²) in [5, 5.41) is 42.2. The number of nitrogens with one attached hydrogen (secondary N) is 7. The first kappa shape index (κ1) is 100. The molecule has 0 aromatic carbocycles. The molecule has 14 heterocycles. The average Bonchev–Trinajstić information content (AvgIpc) is 1.69. The molecule has 6 saturated heterocycles. The maximum absolute atomic E-state index is 13.5. The first-order valence-corrected chi connectivity index (χ1v) is 52.1. The Morgan fingerprint density at radius 1 is 0.421 bits per heavy atom. The molecular weight excluding hydrogens is 1790 g/mol. The number of amides is 8. The number of rotatable bonds is 26. The highest BCUT2D eigenvalue weighted by Gasteiger charge is 2.43. The smallest absolute Gasteiger partial charge is 0.282 e. The lowest BCUT2D eigenvalue weighted by atomic mass is 9.89. The molecule has 0 bridgehead atoms. The van der Waals surface area contributed by atoms with Crippen LogP contribution >= 0.6 is 45.3 Å². The summed E-state index contributed by atoms with van der Waals surface area (Å²) in [4.78, 5) is 154. The minimum absolute atomic E-state index is 0.0701. The molecule has 8 aromatic rings. The zero-order valence-electron chi connectivity index (χ0n) is 79.4. The molecule has 33 nitrogen and oxygen atoms in total. The lowest BCUT2D eigenvalue weighted by Crippen LogP contribution is -2.56. The summed E-state index contributed by atoms with van der Waals surface area (Å²) in [7, 11) is -3.20. The number of carbonyl (C=O) groups is 8. The summed E-state index contributed by atoms with van der Waals surface area (Å²) in [5.41, 5.74) is 8.26. The highest BCUT2D eigenvalue weighted by atomic mass is 32.2. The van der Waals surface area contributed by atoms with Gasteiger partial charge in [0, 0.05) is 160 Å². The fraction of sp³-hybridized carbons (Fsp3) is 0.579. The Hall–Kier alpha value is -10.1. The molecule has 2 saturated carbocycles. The predicted octanol–water partition coefficient (Wildman–Crippen LogP) is 13.9. The zero-order valence-corrected chi connectivity index (χ0v) is 83.5. The van der Waals surface area contributed by atoms with Crippen LogP contribution in [0.3, 0.4) is 0 Å². The van der Waals surface area contributed by atoms with E-state index in [1.807, 2.05) is 120 Å². The second-order valence-electron chi connectivity index (χ2n) is 37.3. The van der Waals surface area contributed by atoms with Crippen LogP contribution in [0.5, 0.6) is 0 Å². The third-order valence-corrected chi connectivity index (χ3v) is 31.9. The van der Waals surface area contributed by atoms with Gasteiger partial charge in [0.1, 0.15) is 46.0 Å². The lowest BCUT2D eigenvalue weighted by Gasteiger charge is -2.37. The van der Waals surface area contributed by atoms with E-state index in [4.69, 9.17) is 4.74 Å². The Balaban J connectivity index is 0.000000151. The number of anilines is 4. The summed E-state index contributed by atoms with van der Waals surface area (Å²) in [5.74, 6) is 1.25. The minimum atomic E-state index is -3.20. The van der Waals surface area contributed by atoms with E-state index in [0.29, 0.717) is 93.3 Å². The van der Waals surface area contributed by atoms with E-state index in [0.717, 1.165) is 164 Å². The predicted molar refractivity (Wildman–Crippen MR) is 522 cm³/mol. The van der Waals surface area contributed by atoms with Gasteiger partial charge in [-0.15, -0.1) is 45.3 Å². The topological polar surface area (TPSA) is 424 Å². The summed E-state index contributed by atoms with van der Waals surface area (Å²) in [6.07, 6.45) is 21.3. The summed E-state index contributed by atoms with van der Waals surface area (Å²) in [6, 6.07) is 9.09. The van der Waals surface area contributed by atoms with Crippen LogP contribution in [0.1, 0.15) is 289 Å². The molecule has 8 amide bonds. The summed E-state index contributed by atoms with van der Waals surface area (Å²) in [6.45, 7) is 37.1. The maximum Gasteiger partial charge on any atom is 0.282 e. The van der Waals surface area contributed by atoms with Gasteiger partial charge in [-0.05, 0) is 246 Å². The molecule has 718 valence electrons. The molecule has 0 unspecified atom stereocenters. The van der Waals surface area contributed by atoms with Gasteiger partial charge in [0.25, 0.3) is 47.3 Å². The molecule has 8 fully saturated rings. The van der Waals surface area contributed by atoms with Gasteiger partial charge in [-0.1, -0.05) is 13.8 Å². The monoisotopic (exact) mass is 1920 g/mol. The molecule has 2 aliphatic carbocycles. The Morgan fingerprint density at radius 3 is 0.970 bits per heavy atom. The van der Waals surface area contributed by atoms with Crippen LogP contribution < -0.4 is 37.2 Å². The van der Waals surface area contributed by atoms with Crippen LogP contribution in [0.4, 0.5) is 23.3 Å². The number of nitrogens with zero attached hydrogens (tertiary/aromatic N) is 13. The fourth-order valence-corrected chi connectivity index (χ4v) is 22.2. The largest absolute Gasteiger partial charge is 0.391 e. The summed E-state index contributed by atoms with van der Waals surface area (Å²) < 4.78 is 28.9. The Bertz CT molecular complexity index is 5510. The second-order valence-corrected chi connectivity index (χ2v) is 43.6. The highest BCUT2D eigenvalue weighted by molar-refractivity contribution is 7.91. The standard InChI is InChI=1S/C25H35N5O3S.C24H33N5O4S2.2C23H31N5O3S/c1-5-16(3)27-20-13-15(2)19(14-26-20)22-21(25(32)30-10-6-7-17(30)4)29-24(34-22)23(31)28-18-8-11-33-12-9-18;1-6-15(3)26-19-10-14(2)18(11-25-19)21-20(23(30)29-9-7-8-16(29)4)27-22(34-21)24(31)28-12-17(13-28)35(5,32)33;2*1-12(2)25-18-10-13(3)15(11-24-18)20-19(23(31)28-9-5-6-14(28)4)27-22(32-20)21(30)26-16-7-8-17(16)29/h13-14,16-18H,5-12H2,1-4H3,(H,26,27)(H,28,31);10-11,15-17H,6-9,12-13H2,1-5H3,(H,25,26);2*10-12,14,16-17,29H,5-9H2,1-4H3,(H,24,25)(H,26,30)/t16-,17+;15-,16+;14-,16-,17+;14-,16-,17-/m1100/s1. The van der Waals surface area contributed by atoms with Crippen molar-refractivity contribution in [3.8, 4) is 41.8 Å². The van der Waals surface area contributed by atoms with Crippen molar-refractivity contribution in [3.63, 3.8) is 0 Å². The van der Waals surface area contributed by atoms with Crippen LogP contribution in [0.2, 0.25) is 0 Å². The number of ether oxygens (including phenoxy) is 1. The van der Waals surface area contributed by atoms with Crippen LogP contribution in [-0.2, 0) is 14.6 Å². The van der Waals surface area contributed by atoms with Crippen molar-refractivity contribution in [1.82, 2.24) is 80.3 Å². The van der Waals surface area contributed by atoms with Gasteiger partial charge in [0.2, 0.25) is 0 Å². The van der Waals surface area contributed by atoms with E-state index in [2.05, 4.69) is 112 Å². The van der Waals surface area contributed by atoms with E-state index in [-0.39, 0.29) is 141 Å². The van der Waals surface area contributed by atoms with Crippen molar-refractivity contribution in [1.29, 1.82) is 0 Å². The summed E-state index contributed by atoms with van der Waals surface area (Å²) >= 11 is 4.86. The van der Waals surface area contributed by atoms with Crippen molar-refractivity contribution >= 4 is 126 Å². The number of sulfone groups is 1. The average molecular weight is 1920 g/mol. The van der Waals surface area contributed by atoms with Crippen molar-refractivity contribution < 1.29 is 61.7 Å². The number of aliphatic hydroxyl groups excluding tert-OH is 2.